The lowest BCUT2D eigenvalue weighted by Gasteiger charge is -2.08. The summed E-state index contributed by atoms with van der Waals surface area (Å²) in [7, 11) is 1.87. The highest BCUT2D eigenvalue weighted by molar-refractivity contribution is 5.97. The molecule has 0 aliphatic heterocycles. The molecule has 4 N–H and O–H groups in total. The Morgan fingerprint density at radius 3 is 3.00 bits per heavy atom. The Labute approximate surface area is 122 Å². The molecule has 0 amide bonds. The number of nitrogens with one attached hydrogen (secondary N) is 1. The first kappa shape index (κ1) is 15.0. The zero-order valence-electron chi connectivity index (χ0n) is 11.8. The number of aryl methyl sites for hydroxylation is 1. The summed E-state index contributed by atoms with van der Waals surface area (Å²) in [6, 6.07) is 4.82. The Morgan fingerprint density at radius 1 is 1.52 bits per heavy atom. The first-order chi connectivity index (χ1) is 10.1. The monoisotopic (exact) mass is 291 g/mol. The first-order valence-corrected chi connectivity index (χ1v) is 6.55. The number of hydrogen-bond donors (Lipinski definition) is 3. The minimum absolute atomic E-state index is 0.101. The Kier molecular flexibility index (Phi) is 4.89. The normalized spacial score (nSPS) is 11.8. The van der Waals surface area contributed by atoms with Gasteiger partial charge in [-0.05, 0) is 24.6 Å². The molecule has 6 nitrogen and oxygen atoms in total. The van der Waals surface area contributed by atoms with Crippen LogP contribution >= 0.6 is 0 Å². The molecule has 0 fully saturated rings. The summed E-state index contributed by atoms with van der Waals surface area (Å²) in [5.41, 5.74) is 7.13. The lowest BCUT2D eigenvalue weighted by atomic mass is 10.1. The van der Waals surface area contributed by atoms with E-state index in [9.17, 15) is 4.39 Å². The van der Waals surface area contributed by atoms with E-state index in [1.807, 2.05) is 13.2 Å². The van der Waals surface area contributed by atoms with Gasteiger partial charge >= 0.3 is 0 Å². The lowest BCUT2D eigenvalue weighted by Crippen LogP contribution is -2.20. The van der Waals surface area contributed by atoms with E-state index < -0.39 is 5.82 Å². The fraction of sp³-hybridized carbons (Fsp3) is 0.286. The van der Waals surface area contributed by atoms with Gasteiger partial charge in [0, 0.05) is 25.4 Å². The van der Waals surface area contributed by atoms with Gasteiger partial charge in [0.2, 0.25) is 0 Å². The topological polar surface area (TPSA) is 88.5 Å². The number of amidine groups is 1. The summed E-state index contributed by atoms with van der Waals surface area (Å²) in [5.74, 6) is -0.702. The van der Waals surface area contributed by atoms with E-state index in [1.54, 1.807) is 23.0 Å². The Morgan fingerprint density at radius 2 is 2.33 bits per heavy atom. The molecule has 2 rings (SSSR count). The van der Waals surface area contributed by atoms with E-state index in [1.165, 1.54) is 6.07 Å². The predicted molar refractivity (Wildman–Crippen MR) is 77.5 cm³/mol. The van der Waals surface area contributed by atoms with Crippen LogP contribution in [-0.4, -0.2) is 27.4 Å². The van der Waals surface area contributed by atoms with Crippen molar-refractivity contribution in [2.45, 2.75) is 13.0 Å². The maximum absolute atomic E-state index is 14.1. The molecule has 0 aliphatic carbocycles. The van der Waals surface area contributed by atoms with Gasteiger partial charge in [0.1, 0.15) is 5.82 Å². The second-order valence-electron chi connectivity index (χ2n) is 4.71. The zero-order chi connectivity index (χ0) is 15.2. The summed E-state index contributed by atoms with van der Waals surface area (Å²) in [6.45, 7) is 1.08. The van der Waals surface area contributed by atoms with Crippen molar-refractivity contribution in [3.63, 3.8) is 0 Å². The minimum atomic E-state index is -0.471. The number of hydrogen-bond acceptors (Lipinski definition) is 4. The van der Waals surface area contributed by atoms with Crippen LogP contribution in [0.5, 0.6) is 0 Å². The van der Waals surface area contributed by atoms with Crippen LogP contribution < -0.4 is 11.1 Å². The summed E-state index contributed by atoms with van der Waals surface area (Å²) in [4.78, 5) is 0. The predicted octanol–water partition coefficient (Wildman–Crippen LogP) is 0.986. The fourth-order valence-electron chi connectivity index (χ4n) is 2.02. The van der Waals surface area contributed by atoms with E-state index in [0.717, 1.165) is 12.0 Å². The molecule has 0 saturated carbocycles. The number of benzene rings is 1. The Hall–Kier alpha value is -2.41. The summed E-state index contributed by atoms with van der Waals surface area (Å²) >= 11 is 0. The third-order valence-corrected chi connectivity index (χ3v) is 3.13. The average Bonchev–Trinajstić information content (AvgIpc) is 2.90. The molecule has 1 aromatic carbocycles. The molecule has 0 atom stereocenters. The highest BCUT2D eigenvalue weighted by Crippen LogP contribution is 2.12. The number of nitrogens with two attached hydrogens (primary N) is 1. The Balaban J connectivity index is 1.91. The fourth-order valence-corrected chi connectivity index (χ4v) is 2.02. The molecule has 0 spiro atoms. The van der Waals surface area contributed by atoms with Crippen LogP contribution in [0.15, 0.2) is 35.7 Å². The van der Waals surface area contributed by atoms with Crippen LogP contribution in [0.2, 0.25) is 0 Å². The van der Waals surface area contributed by atoms with Crippen LogP contribution in [0.4, 0.5) is 4.39 Å². The van der Waals surface area contributed by atoms with Gasteiger partial charge in [-0.2, -0.15) is 5.10 Å². The number of rotatable bonds is 6. The van der Waals surface area contributed by atoms with Gasteiger partial charge in [0.05, 0.1) is 11.8 Å². The van der Waals surface area contributed by atoms with Crippen molar-refractivity contribution in [2.24, 2.45) is 17.9 Å². The lowest BCUT2D eigenvalue weighted by molar-refractivity contribution is 0.318. The molecule has 112 valence electrons. The van der Waals surface area contributed by atoms with E-state index >= 15 is 0 Å². The summed E-state index contributed by atoms with van der Waals surface area (Å²) in [5, 5.41) is 18.7. The van der Waals surface area contributed by atoms with Crippen LogP contribution in [0.3, 0.4) is 0 Å². The van der Waals surface area contributed by atoms with Crippen LogP contribution in [0.1, 0.15) is 16.7 Å². The van der Waals surface area contributed by atoms with Gasteiger partial charge in [0.15, 0.2) is 5.84 Å². The smallest absolute Gasteiger partial charge is 0.173 e. The molecule has 2 aromatic rings. The summed E-state index contributed by atoms with van der Waals surface area (Å²) < 4.78 is 15.9. The van der Waals surface area contributed by atoms with Gasteiger partial charge in [-0.15, -0.1) is 0 Å². The quantitative estimate of drug-likeness (QED) is 0.243. The van der Waals surface area contributed by atoms with Gasteiger partial charge in [0.25, 0.3) is 0 Å². The van der Waals surface area contributed by atoms with Gasteiger partial charge in [-0.25, -0.2) is 4.39 Å². The van der Waals surface area contributed by atoms with Crippen molar-refractivity contribution in [3.05, 3.63) is 53.1 Å². The minimum Gasteiger partial charge on any atom is -0.409 e. The average molecular weight is 291 g/mol. The van der Waals surface area contributed by atoms with E-state index in [2.05, 4.69) is 15.6 Å². The van der Waals surface area contributed by atoms with Gasteiger partial charge in [-0.1, -0.05) is 17.3 Å². The van der Waals surface area contributed by atoms with Crippen molar-refractivity contribution >= 4 is 5.84 Å². The summed E-state index contributed by atoms with van der Waals surface area (Å²) in [6.07, 6.45) is 4.57. The molecular formula is C14H18FN5O. The molecule has 1 aromatic heterocycles. The molecular weight excluding hydrogens is 273 g/mol. The first-order valence-electron chi connectivity index (χ1n) is 6.55. The van der Waals surface area contributed by atoms with Crippen molar-refractivity contribution in [3.8, 4) is 0 Å². The molecule has 1 heterocycles. The number of aromatic nitrogens is 2. The molecule has 0 saturated heterocycles. The molecule has 21 heavy (non-hydrogen) atoms. The third-order valence-electron chi connectivity index (χ3n) is 3.13. The van der Waals surface area contributed by atoms with Crippen LogP contribution in [-0.2, 0) is 20.0 Å². The highest BCUT2D eigenvalue weighted by Gasteiger charge is 2.11. The number of oxime groups is 1. The van der Waals surface area contributed by atoms with Crippen molar-refractivity contribution in [1.82, 2.24) is 15.1 Å². The maximum Gasteiger partial charge on any atom is 0.173 e. The third kappa shape index (κ3) is 3.79. The molecule has 0 radical (unpaired) electrons. The highest BCUT2D eigenvalue weighted by atomic mass is 19.1. The second-order valence-corrected chi connectivity index (χ2v) is 4.71. The molecule has 0 bridgehead atoms. The molecule has 0 unspecified atom stereocenters. The van der Waals surface area contributed by atoms with Crippen molar-refractivity contribution in [1.29, 1.82) is 0 Å². The maximum atomic E-state index is 14.1. The second kappa shape index (κ2) is 6.85. The standard InChI is InChI=1S/C14H18FN5O/c1-20-9-10(7-18-20)5-6-17-8-11-3-2-4-12(13(11)15)14(16)19-21/h2-4,7,9,17,21H,5-6,8H2,1H3,(H2,16,19). The van der Waals surface area contributed by atoms with Crippen LogP contribution in [0, 0.1) is 5.82 Å². The largest absolute Gasteiger partial charge is 0.409 e. The van der Waals surface area contributed by atoms with E-state index in [0.29, 0.717) is 18.7 Å². The number of nitrogens with zero attached hydrogens (tertiary/aromatic N) is 3. The SMILES string of the molecule is Cn1cc(CCNCc2cccc(/C(N)=N/O)c2F)cn1. The van der Waals surface area contributed by atoms with E-state index in [4.69, 9.17) is 10.9 Å². The molecule has 0 aliphatic rings. The van der Waals surface area contributed by atoms with Crippen molar-refractivity contribution in [2.75, 3.05) is 6.54 Å². The van der Waals surface area contributed by atoms with Crippen molar-refractivity contribution < 1.29 is 9.60 Å². The van der Waals surface area contributed by atoms with E-state index in [-0.39, 0.29) is 11.4 Å². The Bertz CT molecular complexity index is 638. The van der Waals surface area contributed by atoms with Gasteiger partial charge < -0.3 is 16.3 Å². The number of halogens is 1. The van der Waals surface area contributed by atoms with Gasteiger partial charge in [-0.3, -0.25) is 4.68 Å². The van der Waals surface area contributed by atoms with Crippen LogP contribution in [0.25, 0.3) is 0 Å². The zero-order valence-corrected chi connectivity index (χ0v) is 11.8. The molecule has 7 heteroatoms.